The van der Waals surface area contributed by atoms with Crippen molar-refractivity contribution in [2.24, 2.45) is 5.73 Å². The van der Waals surface area contributed by atoms with Gasteiger partial charge in [-0.05, 0) is 30.5 Å². The van der Waals surface area contributed by atoms with Gasteiger partial charge in [-0.15, -0.1) is 0 Å². The van der Waals surface area contributed by atoms with E-state index in [-0.39, 0.29) is 11.2 Å². The van der Waals surface area contributed by atoms with Crippen LogP contribution in [0.3, 0.4) is 0 Å². The minimum absolute atomic E-state index is 0.0708. The second-order valence-corrected chi connectivity index (χ2v) is 5.27. The Morgan fingerprint density at radius 1 is 1.37 bits per heavy atom. The Hall–Kier alpha value is -1.55. The molecule has 0 aromatic heterocycles. The fourth-order valence-electron chi connectivity index (χ4n) is 3.12. The van der Waals surface area contributed by atoms with Crippen LogP contribution in [0.1, 0.15) is 48.0 Å². The van der Waals surface area contributed by atoms with Gasteiger partial charge in [0, 0.05) is 17.5 Å². The number of rotatable bonds is 4. The van der Waals surface area contributed by atoms with Crippen LogP contribution < -0.4 is 10.5 Å². The van der Waals surface area contributed by atoms with Gasteiger partial charge in [0.05, 0.1) is 7.11 Å². The van der Waals surface area contributed by atoms with E-state index in [1.807, 2.05) is 0 Å². The van der Waals surface area contributed by atoms with Gasteiger partial charge < -0.3 is 15.6 Å². The van der Waals surface area contributed by atoms with E-state index in [1.54, 1.807) is 12.1 Å². The summed E-state index contributed by atoms with van der Waals surface area (Å²) in [5.74, 6) is 0.398. The Morgan fingerprint density at radius 2 is 2.05 bits per heavy atom. The fourth-order valence-corrected chi connectivity index (χ4v) is 3.12. The number of hydrogen-bond acceptors (Lipinski definition) is 4. The first-order valence-electron chi connectivity index (χ1n) is 6.73. The van der Waals surface area contributed by atoms with E-state index in [1.165, 1.54) is 13.5 Å². The van der Waals surface area contributed by atoms with E-state index in [4.69, 9.17) is 10.5 Å². The molecule has 0 atom stereocenters. The van der Waals surface area contributed by atoms with Crippen LogP contribution in [0.5, 0.6) is 11.5 Å². The van der Waals surface area contributed by atoms with Crippen molar-refractivity contribution in [3.05, 3.63) is 23.3 Å². The number of hydrogen-bond donors (Lipinski definition) is 2. The van der Waals surface area contributed by atoms with Crippen molar-refractivity contribution in [2.45, 2.75) is 37.5 Å². The molecular formula is C15H21NO3. The van der Waals surface area contributed by atoms with Crippen LogP contribution in [0.4, 0.5) is 0 Å². The minimum Gasteiger partial charge on any atom is -0.504 e. The van der Waals surface area contributed by atoms with Crippen LogP contribution in [0.15, 0.2) is 12.1 Å². The summed E-state index contributed by atoms with van der Waals surface area (Å²) >= 11 is 0. The van der Waals surface area contributed by atoms with Crippen LogP contribution in [-0.2, 0) is 5.41 Å². The molecule has 4 nitrogen and oxygen atoms in total. The highest BCUT2D eigenvalue weighted by Crippen LogP contribution is 2.43. The van der Waals surface area contributed by atoms with Gasteiger partial charge in [0.1, 0.15) is 6.29 Å². The first-order valence-corrected chi connectivity index (χ1v) is 6.73. The van der Waals surface area contributed by atoms with Gasteiger partial charge >= 0.3 is 0 Å². The number of aromatic hydroxyl groups is 1. The zero-order valence-electron chi connectivity index (χ0n) is 11.3. The van der Waals surface area contributed by atoms with Crippen molar-refractivity contribution in [2.75, 3.05) is 13.7 Å². The molecule has 1 aliphatic rings. The molecule has 4 heteroatoms. The Bertz CT molecular complexity index is 465. The van der Waals surface area contributed by atoms with E-state index in [2.05, 4.69) is 0 Å². The number of nitrogens with two attached hydrogens (primary N) is 1. The maximum Gasteiger partial charge on any atom is 0.161 e. The quantitative estimate of drug-likeness (QED) is 0.818. The predicted octanol–water partition coefficient (Wildman–Crippen LogP) is 2.37. The van der Waals surface area contributed by atoms with Crippen molar-refractivity contribution < 1.29 is 14.6 Å². The number of methoxy groups -OCH3 is 1. The average Bonchev–Trinajstić information content (AvgIpc) is 2.47. The third kappa shape index (κ3) is 2.45. The first kappa shape index (κ1) is 13.9. The van der Waals surface area contributed by atoms with E-state index < -0.39 is 0 Å². The molecule has 1 aliphatic carbocycles. The molecule has 1 saturated carbocycles. The first-order chi connectivity index (χ1) is 9.16. The van der Waals surface area contributed by atoms with Crippen molar-refractivity contribution in [3.8, 4) is 11.5 Å². The molecule has 0 bridgehead atoms. The van der Waals surface area contributed by atoms with Crippen LogP contribution in [0.2, 0.25) is 0 Å². The van der Waals surface area contributed by atoms with Crippen LogP contribution >= 0.6 is 0 Å². The molecule has 1 aromatic rings. The molecule has 2 rings (SSSR count). The van der Waals surface area contributed by atoms with Crippen LogP contribution in [-0.4, -0.2) is 25.0 Å². The Balaban J connectivity index is 2.52. The zero-order chi connectivity index (χ0) is 13.9. The maximum absolute atomic E-state index is 11.3. The fraction of sp³-hybridized carbons (Fsp3) is 0.533. The summed E-state index contributed by atoms with van der Waals surface area (Å²) in [6.07, 6.45) is 6.19. The lowest BCUT2D eigenvalue weighted by Crippen LogP contribution is -2.38. The summed E-state index contributed by atoms with van der Waals surface area (Å²) in [4.78, 5) is 11.3. The molecule has 0 unspecified atom stereocenters. The lowest BCUT2D eigenvalue weighted by molar-refractivity contribution is 0.111. The van der Waals surface area contributed by atoms with Gasteiger partial charge in [-0.1, -0.05) is 19.3 Å². The van der Waals surface area contributed by atoms with E-state index in [9.17, 15) is 9.90 Å². The lowest BCUT2D eigenvalue weighted by Gasteiger charge is -2.37. The molecule has 0 heterocycles. The summed E-state index contributed by atoms with van der Waals surface area (Å²) < 4.78 is 5.06. The molecule has 19 heavy (non-hydrogen) atoms. The normalized spacial score (nSPS) is 18.0. The lowest BCUT2D eigenvalue weighted by atomic mass is 9.68. The molecule has 0 saturated heterocycles. The summed E-state index contributed by atoms with van der Waals surface area (Å²) in [5, 5.41) is 9.97. The highest BCUT2D eigenvalue weighted by atomic mass is 16.5. The summed E-state index contributed by atoms with van der Waals surface area (Å²) in [7, 11) is 1.47. The van der Waals surface area contributed by atoms with E-state index >= 15 is 0 Å². The molecule has 0 radical (unpaired) electrons. The number of carbonyl (C=O) groups is 1. The highest BCUT2D eigenvalue weighted by molar-refractivity contribution is 5.80. The second kappa shape index (κ2) is 5.61. The van der Waals surface area contributed by atoms with Gasteiger partial charge in [0.2, 0.25) is 0 Å². The molecule has 0 spiro atoms. The van der Waals surface area contributed by atoms with E-state index in [0.717, 1.165) is 37.5 Å². The number of phenols is 1. The molecule has 0 aliphatic heterocycles. The standard InChI is InChI=1S/C15H21NO3/c1-19-14-7-11(9-17)12(8-13(14)18)15(10-16)5-3-2-4-6-15/h7-9,18H,2-6,10,16H2,1H3. The third-order valence-electron chi connectivity index (χ3n) is 4.25. The van der Waals surface area contributed by atoms with Crippen LogP contribution in [0.25, 0.3) is 0 Å². The molecule has 3 N–H and O–H groups in total. The smallest absolute Gasteiger partial charge is 0.161 e. The summed E-state index contributed by atoms with van der Waals surface area (Å²) in [6.45, 7) is 0.500. The molecule has 0 amide bonds. The molecule has 104 valence electrons. The number of carbonyl (C=O) groups excluding carboxylic acids is 1. The van der Waals surface area contributed by atoms with Crippen molar-refractivity contribution >= 4 is 6.29 Å². The van der Waals surface area contributed by atoms with Gasteiger partial charge in [-0.2, -0.15) is 0 Å². The average molecular weight is 263 g/mol. The largest absolute Gasteiger partial charge is 0.504 e. The third-order valence-corrected chi connectivity index (χ3v) is 4.25. The van der Waals surface area contributed by atoms with Crippen LogP contribution in [0, 0.1) is 0 Å². The SMILES string of the molecule is COc1cc(C=O)c(C2(CN)CCCCC2)cc1O. The van der Waals surface area contributed by atoms with Crippen molar-refractivity contribution in [3.63, 3.8) is 0 Å². The van der Waals surface area contributed by atoms with Gasteiger partial charge in [-0.3, -0.25) is 4.79 Å². The topological polar surface area (TPSA) is 72.5 Å². The van der Waals surface area contributed by atoms with Crippen molar-refractivity contribution in [1.29, 1.82) is 0 Å². The molecule has 1 aromatic carbocycles. The molecule has 1 fully saturated rings. The van der Waals surface area contributed by atoms with Gasteiger partial charge in [0.15, 0.2) is 11.5 Å². The van der Waals surface area contributed by atoms with Crippen molar-refractivity contribution in [1.82, 2.24) is 0 Å². The van der Waals surface area contributed by atoms with Gasteiger partial charge in [0.25, 0.3) is 0 Å². The summed E-state index contributed by atoms with van der Waals surface area (Å²) in [6, 6.07) is 3.25. The number of ether oxygens (including phenoxy) is 1. The monoisotopic (exact) mass is 263 g/mol. The highest BCUT2D eigenvalue weighted by Gasteiger charge is 2.35. The van der Waals surface area contributed by atoms with Gasteiger partial charge in [-0.25, -0.2) is 0 Å². The second-order valence-electron chi connectivity index (χ2n) is 5.27. The Labute approximate surface area is 113 Å². The number of phenolic OH excluding ortho intramolecular Hbond substituents is 1. The number of benzene rings is 1. The maximum atomic E-state index is 11.3. The Morgan fingerprint density at radius 3 is 2.58 bits per heavy atom. The summed E-state index contributed by atoms with van der Waals surface area (Å²) in [5.41, 5.74) is 7.24. The Kier molecular flexibility index (Phi) is 4.10. The predicted molar refractivity (Wildman–Crippen MR) is 73.9 cm³/mol. The van der Waals surface area contributed by atoms with E-state index in [0.29, 0.717) is 17.9 Å². The zero-order valence-corrected chi connectivity index (χ0v) is 11.3. The molecular weight excluding hydrogens is 242 g/mol. The number of aldehydes is 1. The minimum atomic E-state index is -0.182.